The molecule has 14 heavy (non-hydrogen) atoms. The van der Waals surface area contributed by atoms with Crippen molar-refractivity contribution in [3.05, 3.63) is 40.6 Å². The van der Waals surface area contributed by atoms with Crippen molar-refractivity contribution in [2.45, 2.75) is 0 Å². The van der Waals surface area contributed by atoms with E-state index in [1.165, 1.54) is 18.4 Å². The summed E-state index contributed by atoms with van der Waals surface area (Å²) in [5, 5.41) is 3.56. The van der Waals surface area contributed by atoms with E-state index < -0.39 is 11.6 Å². The molecule has 0 atom stereocenters. The molecule has 72 valence electrons. The molecule has 0 bridgehead atoms. The van der Waals surface area contributed by atoms with Crippen LogP contribution in [0, 0.1) is 11.6 Å². The maximum Gasteiger partial charge on any atom is 0.140 e. The maximum absolute atomic E-state index is 13.3. The van der Waals surface area contributed by atoms with E-state index in [4.69, 9.17) is 0 Å². The van der Waals surface area contributed by atoms with E-state index in [9.17, 15) is 8.78 Å². The Labute approximate surface area is 86.7 Å². The molecule has 0 unspecified atom stereocenters. The van der Waals surface area contributed by atoms with Gasteiger partial charge >= 0.3 is 0 Å². The van der Waals surface area contributed by atoms with Gasteiger partial charge in [0.25, 0.3) is 0 Å². The van der Waals surface area contributed by atoms with Gasteiger partial charge in [-0.05, 0) is 22.0 Å². The van der Waals surface area contributed by atoms with Crippen LogP contribution < -0.4 is 0 Å². The van der Waals surface area contributed by atoms with Gasteiger partial charge in [-0.3, -0.25) is 0 Å². The number of rotatable bonds is 1. The van der Waals surface area contributed by atoms with Crippen LogP contribution in [-0.2, 0) is 0 Å². The van der Waals surface area contributed by atoms with Crippen molar-refractivity contribution in [1.29, 1.82) is 0 Å². The van der Waals surface area contributed by atoms with Crippen molar-refractivity contribution >= 4 is 15.9 Å². The van der Waals surface area contributed by atoms with Gasteiger partial charge < -0.3 is 4.52 Å². The molecule has 0 saturated heterocycles. The molecule has 0 aliphatic carbocycles. The standard InChI is InChI=1S/C9H4BrF2NO/c10-6-3-5(7(11)4-8(6)12)9-1-2-14-13-9/h1-4H. The van der Waals surface area contributed by atoms with E-state index in [-0.39, 0.29) is 10.0 Å². The van der Waals surface area contributed by atoms with Gasteiger partial charge in [0, 0.05) is 17.7 Å². The largest absolute Gasteiger partial charge is 0.364 e. The number of benzene rings is 1. The summed E-state index contributed by atoms with van der Waals surface area (Å²) in [6, 6.07) is 3.62. The fourth-order valence-electron chi connectivity index (χ4n) is 1.07. The van der Waals surface area contributed by atoms with Crippen LogP contribution >= 0.6 is 15.9 Å². The molecule has 2 aromatic rings. The fraction of sp³-hybridized carbons (Fsp3) is 0. The lowest BCUT2D eigenvalue weighted by Crippen LogP contribution is -1.88. The summed E-state index contributed by atoms with van der Waals surface area (Å²) < 4.78 is 30.9. The molecular formula is C9H4BrF2NO. The third kappa shape index (κ3) is 1.55. The molecule has 0 radical (unpaired) electrons. The highest BCUT2D eigenvalue weighted by Crippen LogP contribution is 2.26. The Bertz CT molecular complexity index is 456. The van der Waals surface area contributed by atoms with Gasteiger partial charge in [-0.15, -0.1) is 0 Å². The van der Waals surface area contributed by atoms with E-state index in [1.54, 1.807) is 0 Å². The quantitative estimate of drug-likeness (QED) is 0.734. The highest BCUT2D eigenvalue weighted by Gasteiger charge is 2.11. The second-order valence-electron chi connectivity index (χ2n) is 2.63. The molecule has 0 aliphatic heterocycles. The Morgan fingerprint density at radius 3 is 2.64 bits per heavy atom. The van der Waals surface area contributed by atoms with Crippen LogP contribution in [0.4, 0.5) is 8.78 Å². The summed E-state index contributed by atoms with van der Waals surface area (Å²) in [7, 11) is 0. The first-order valence-electron chi connectivity index (χ1n) is 3.74. The fourth-order valence-corrected chi connectivity index (χ4v) is 1.41. The molecule has 1 aromatic heterocycles. The molecule has 0 aliphatic rings. The Morgan fingerprint density at radius 2 is 2.00 bits per heavy atom. The first kappa shape index (κ1) is 9.33. The van der Waals surface area contributed by atoms with E-state index >= 15 is 0 Å². The molecule has 0 amide bonds. The van der Waals surface area contributed by atoms with Crippen molar-refractivity contribution < 1.29 is 13.3 Å². The van der Waals surface area contributed by atoms with Crippen LogP contribution in [0.5, 0.6) is 0 Å². The summed E-state index contributed by atoms with van der Waals surface area (Å²) in [6.45, 7) is 0. The zero-order chi connectivity index (χ0) is 10.1. The predicted octanol–water partition coefficient (Wildman–Crippen LogP) is 3.38. The average molecular weight is 260 g/mol. The SMILES string of the molecule is Fc1cc(F)c(-c2ccon2)cc1Br. The number of hydrogen-bond acceptors (Lipinski definition) is 2. The van der Waals surface area contributed by atoms with Gasteiger partial charge in [0.1, 0.15) is 23.6 Å². The summed E-state index contributed by atoms with van der Waals surface area (Å²) >= 11 is 2.97. The van der Waals surface area contributed by atoms with Crippen LogP contribution in [0.25, 0.3) is 11.3 Å². The lowest BCUT2D eigenvalue weighted by atomic mass is 10.1. The Morgan fingerprint density at radius 1 is 1.21 bits per heavy atom. The van der Waals surface area contributed by atoms with Crippen LogP contribution in [-0.4, -0.2) is 5.16 Å². The highest BCUT2D eigenvalue weighted by molar-refractivity contribution is 9.10. The second kappa shape index (κ2) is 3.49. The molecule has 5 heteroatoms. The van der Waals surface area contributed by atoms with Gasteiger partial charge in [-0.2, -0.15) is 0 Å². The van der Waals surface area contributed by atoms with Gasteiger partial charge in [-0.25, -0.2) is 8.78 Å². The maximum atomic E-state index is 13.3. The van der Waals surface area contributed by atoms with Crippen LogP contribution in [0.15, 0.2) is 33.5 Å². The Hall–Kier alpha value is -1.23. The van der Waals surface area contributed by atoms with Crippen molar-refractivity contribution in [1.82, 2.24) is 5.16 Å². The first-order valence-corrected chi connectivity index (χ1v) is 4.53. The topological polar surface area (TPSA) is 26.0 Å². The lowest BCUT2D eigenvalue weighted by Gasteiger charge is -2.00. The minimum absolute atomic E-state index is 0.192. The zero-order valence-corrected chi connectivity index (χ0v) is 8.38. The van der Waals surface area contributed by atoms with Gasteiger partial charge in [0.05, 0.1) is 4.47 Å². The number of nitrogens with zero attached hydrogens (tertiary/aromatic N) is 1. The molecule has 2 rings (SSSR count). The summed E-state index contributed by atoms with van der Waals surface area (Å²) in [6.07, 6.45) is 1.33. The molecule has 1 aromatic carbocycles. The molecule has 0 saturated carbocycles. The minimum atomic E-state index is -0.667. The van der Waals surface area contributed by atoms with Crippen LogP contribution in [0.1, 0.15) is 0 Å². The predicted molar refractivity (Wildman–Crippen MR) is 49.6 cm³/mol. The Balaban J connectivity index is 2.60. The average Bonchev–Trinajstić information content (AvgIpc) is 2.64. The number of aromatic nitrogens is 1. The normalized spacial score (nSPS) is 10.5. The van der Waals surface area contributed by atoms with E-state index in [2.05, 4.69) is 25.6 Å². The number of halogens is 3. The van der Waals surface area contributed by atoms with Gasteiger partial charge in [0.2, 0.25) is 0 Å². The van der Waals surface area contributed by atoms with E-state index in [1.807, 2.05) is 0 Å². The zero-order valence-electron chi connectivity index (χ0n) is 6.80. The third-order valence-electron chi connectivity index (χ3n) is 1.72. The van der Waals surface area contributed by atoms with Crippen molar-refractivity contribution in [2.24, 2.45) is 0 Å². The molecule has 0 N–H and O–H groups in total. The minimum Gasteiger partial charge on any atom is -0.364 e. The number of hydrogen-bond donors (Lipinski definition) is 0. The summed E-state index contributed by atoms with van der Waals surface area (Å²) in [5.74, 6) is -1.31. The van der Waals surface area contributed by atoms with E-state index in [0.29, 0.717) is 5.69 Å². The molecule has 2 nitrogen and oxygen atoms in total. The summed E-state index contributed by atoms with van der Waals surface area (Å²) in [5.41, 5.74) is 0.537. The molecule has 1 heterocycles. The Kier molecular flexibility index (Phi) is 2.33. The van der Waals surface area contributed by atoms with Crippen molar-refractivity contribution in [3.8, 4) is 11.3 Å². The van der Waals surface area contributed by atoms with Crippen molar-refractivity contribution in [2.75, 3.05) is 0 Å². The monoisotopic (exact) mass is 259 g/mol. The van der Waals surface area contributed by atoms with Gasteiger partial charge in [0.15, 0.2) is 0 Å². The molecular weight excluding hydrogens is 256 g/mol. The van der Waals surface area contributed by atoms with Crippen LogP contribution in [0.3, 0.4) is 0 Å². The summed E-state index contributed by atoms with van der Waals surface area (Å²) in [4.78, 5) is 0. The smallest absolute Gasteiger partial charge is 0.140 e. The molecule has 0 spiro atoms. The third-order valence-corrected chi connectivity index (χ3v) is 2.33. The van der Waals surface area contributed by atoms with E-state index in [0.717, 1.165) is 6.07 Å². The highest BCUT2D eigenvalue weighted by atomic mass is 79.9. The lowest BCUT2D eigenvalue weighted by molar-refractivity contribution is 0.421. The second-order valence-corrected chi connectivity index (χ2v) is 3.49. The van der Waals surface area contributed by atoms with Crippen LogP contribution in [0.2, 0.25) is 0 Å². The molecule has 0 fully saturated rings. The van der Waals surface area contributed by atoms with Gasteiger partial charge in [-0.1, -0.05) is 5.16 Å². The van der Waals surface area contributed by atoms with Crippen molar-refractivity contribution in [3.63, 3.8) is 0 Å². The first-order chi connectivity index (χ1) is 6.68.